The van der Waals surface area contributed by atoms with Gasteiger partial charge in [-0.1, -0.05) is 12.1 Å². The Labute approximate surface area is 107 Å². The van der Waals surface area contributed by atoms with Gasteiger partial charge >= 0.3 is 5.97 Å². The van der Waals surface area contributed by atoms with E-state index in [2.05, 4.69) is 11.9 Å². The summed E-state index contributed by atoms with van der Waals surface area (Å²) in [5, 5.41) is 3.09. The molecule has 1 aromatic rings. The Morgan fingerprint density at radius 3 is 3.22 bits per heavy atom. The minimum absolute atomic E-state index is 0.296. The van der Waals surface area contributed by atoms with Crippen LogP contribution in [0.4, 0.5) is 0 Å². The molecule has 1 atom stereocenters. The van der Waals surface area contributed by atoms with Crippen LogP contribution in [0.5, 0.6) is 5.75 Å². The molecular weight excluding hydrogens is 230 g/mol. The van der Waals surface area contributed by atoms with Crippen LogP contribution in [-0.2, 0) is 16.0 Å². The van der Waals surface area contributed by atoms with Gasteiger partial charge in [-0.2, -0.15) is 0 Å². The van der Waals surface area contributed by atoms with E-state index in [0.29, 0.717) is 13.2 Å². The SMILES string of the molecule is C=CCNC(C(=O)OC)c1ccc2c(c1)CCO2. The van der Waals surface area contributed by atoms with Crippen LogP contribution >= 0.6 is 0 Å². The molecular formula is C14H17NO3. The van der Waals surface area contributed by atoms with E-state index in [0.717, 1.165) is 23.3 Å². The lowest BCUT2D eigenvalue weighted by Gasteiger charge is -2.16. The van der Waals surface area contributed by atoms with Gasteiger partial charge in [0.05, 0.1) is 13.7 Å². The van der Waals surface area contributed by atoms with Crippen LogP contribution in [-0.4, -0.2) is 26.2 Å². The molecule has 0 spiro atoms. The van der Waals surface area contributed by atoms with Crippen molar-refractivity contribution in [1.29, 1.82) is 0 Å². The summed E-state index contributed by atoms with van der Waals surface area (Å²) >= 11 is 0. The molecule has 0 saturated heterocycles. The molecule has 0 aliphatic carbocycles. The van der Waals surface area contributed by atoms with Gasteiger partial charge in [-0.25, -0.2) is 4.79 Å². The van der Waals surface area contributed by atoms with Crippen molar-refractivity contribution in [3.05, 3.63) is 42.0 Å². The molecule has 0 aromatic heterocycles. The molecule has 4 nitrogen and oxygen atoms in total. The first kappa shape index (κ1) is 12.6. The van der Waals surface area contributed by atoms with Gasteiger partial charge in [-0.15, -0.1) is 6.58 Å². The summed E-state index contributed by atoms with van der Waals surface area (Å²) in [4.78, 5) is 11.8. The lowest BCUT2D eigenvalue weighted by molar-refractivity contribution is -0.143. The molecule has 96 valence electrons. The zero-order valence-corrected chi connectivity index (χ0v) is 10.4. The first-order valence-electron chi connectivity index (χ1n) is 5.94. The predicted molar refractivity (Wildman–Crippen MR) is 68.6 cm³/mol. The quantitative estimate of drug-likeness (QED) is 0.634. The standard InChI is InChI=1S/C14H17NO3/c1-3-7-15-13(14(16)17-2)11-4-5-12-10(9-11)6-8-18-12/h3-5,9,13,15H,1,6-8H2,2H3. The van der Waals surface area contributed by atoms with Crippen LogP contribution in [0.2, 0.25) is 0 Å². The topological polar surface area (TPSA) is 47.6 Å². The van der Waals surface area contributed by atoms with E-state index in [9.17, 15) is 4.79 Å². The molecule has 1 aliphatic rings. The van der Waals surface area contributed by atoms with Gasteiger partial charge in [-0.05, 0) is 23.3 Å². The Balaban J connectivity index is 2.24. The number of carbonyl (C=O) groups excluding carboxylic acids is 1. The fourth-order valence-electron chi connectivity index (χ4n) is 2.04. The van der Waals surface area contributed by atoms with E-state index >= 15 is 0 Å². The fourth-order valence-corrected chi connectivity index (χ4v) is 2.04. The van der Waals surface area contributed by atoms with Gasteiger partial charge in [0.1, 0.15) is 11.8 Å². The second-order valence-corrected chi connectivity index (χ2v) is 4.12. The number of ether oxygens (including phenoxy) is 2. The Morgan fingerprint density at radius 2 is 2.50 bits per heavy atom. The maximum absolute atomic E-state index is 11.8. The predicted octanol–water partition coefficient (Wildman–Crippen LogP) is 1.61. The van der Waals surface area contributed by atoms with E-state index in [1.165, 1.54) is 7.11 Å². The van der Waals surface area contributed by atoms with Crippen molar-refractivity contribution in [2.75, 3.05) is 20.3 Å². The van der Waals surface area contributed by atoms with Gasteiger partial charge < -0.3 is 9.47 Å². The molecule has 1 heterocycles. The summed E-state index contributed by atoms with van der Waals surface area (Å²) in [6.07, 6.45) is 2.60. The third kappa shape index (κ3) is 2.54. The van der Waals surface area contributed by atoms with Gasteiger partial charge in [0.25, 0.3) is 0 Å². The molecule has 0 radical (unpaired) electrons. The number of hydrogen-bond acceptors (Lipinski definition) is 4. The summed E-state index contributed by atoms with van der Waals surface area (Å²) in [5.41, 5.74) is 2.04. The average molecular weight is 247 g/mol. The summed E-state index contributed by atoms with van der Waals surface area (Å²) < 4.78 is 10.3. The first-order chi connectivity index (χ1) is 8.76. The zero-order valence-electron chi connectivity index (χ0n) is 10.4. The van der Waals surface area contributed by atoms with E-state index in [4.69, 9.17) is 9.47 Å². The minimum Gasteiger partial charge on any atom is -0.493 e. The Kier molecular flexibility index (Phi) is 3.99. The number of hydrogen-bond donors (Lipinski definition) is 1. The summed E-state index contributed by atoms with van der Waals surface area (Å²) in [6.45, 7) is 4.89. The number of rotatable bonds is 5. The first-order valence-corrected chi connectivity index (χ1v) is 5.94. The molecule has 4 heteroatoms. The average Bonchev–Trinajstić information content (AvgIpc) is 2.86. The van der Waals surface area contributed by atoms with Crippen LogP contribution in [0.3, 0.4) is 0 Å². The van der Waals surface area contributed by atoms with Gasteiger partial charge in [0.2, 0.25) is 0 Å². The van der Waals surface area contributed by atoms with E-state index in [1.807, 2.05) is 18.2 Å². The highest BCUT2D eigenvalue weighted by Gasteiger charge is 2.22. The molecule has 18 heavy (non-hydrogen) atoms. The number of nitrogens with one attached hydrogen (secondary N) is 1. The summed E-state index contributed by atoms with van der Waals surface area (Å²) in [6, 6.07) is 5.34. The molecule has 2 rings (SSSR count). The van der Waals surface area contributed by atoms with Gasteiger partial charge in [0.15, 0.2) is 0 Å². The normalized spacial score (nSPS) is 14.5. The molecule has 1 unspecified atom stereocenters. The molecule has 1 N–H and O–H groups in total. The van der Waals surface area contributed by atoms with Crippen molar-refractivity contribution in [1.82, 2.24) is 5.32 Å². The number of benzene rings is 1. The molecule has 1 aliphatic heterocycles. The Bertz CT molecular complexity index is 456. The number of methoxy groups -OCH3 is 1. The van der Waals surface area contributed by atoms with Crippen molar-refractivity contribution in [3.8, 4) is 5.75 Å². The Hall–Kier alpha value is -1.81. The van der Waals surface area contributed by atoms with Gasteiger partial charge in [-0.3, -0.25) is 5.32 Å². The lowest BCUT2D eigenvalue weighted by atomic mass is 10.0. The van der Waals surface area contributed by atoms with Crippen molar-refractivity contribution in [2.45, 2.75) is 12.5 Å². The Morgan fingerprint density at radius 1 is 1.67 bits per heavy atom. The van der Waals surface area contributed by atoms with E-state index in [1.54, 1.807) is 6.08 Å². The number of esters is 1. The van der Waals surface area contributed by atoms with E-state index in [-0.39, 0.29) is 5.97 Å². The number of carbonyl (C=O) groups is 1. The lowest BCUT2D eigenvalue weighted by Crippen LogP contribution is -2.29. The summed E-state index contributed by atoms with van der Waals surface area (Å²) in [7, 11) is 1.39. The largest absolute Gasteiger partial charge is 0.493 e. The molecule has 0 fully saturated rings. The highest BCUT2D eigenvalue weighted by molar-refractivity contribution is 5.77. The second kappa shape index (κ2) is 5.69. The van der Waals surface area contributed by atoms with Crippen LogP contribution in [0.1, 0.15) is 17.2 Å². The van der Waals surface area contributed by atoms with E-state index < -0.39 is 6.04 Å². The van der Waals surface area contributed by atoms with Crippen LogP contribution in [0.25, 0.3) is 0 Å². The third-order valence-corrected chi connectivity index (χ3v) is 2.95. The van der Waals surface area contributed by atoms with Crippen molar-refractivity contribution in [2.24, 2.45) is 0 Å². The number of fused-ring (bicyclic) bond motifs is 1. The second-order valence-electron chi connectivity index (χ2n) is 4.12. The molecule has 0 bridgehead atoms. The van der Waals surface area contributed by atoms with Crippen LogP contribution < -0.4 is 10.1 Å². The summed E-state index contributed by atoms with van der Waals surface area (Å²) in [5.74, 6) is 0.613. The maximum Gasteiger partial charge on any atom is 0.327 e. The van der Waals surface area contributed by atoms with Crippen molar-refractivity contribution < 1.29 is 14.3 Å². The molecule has 1 aromatic carbocycles. The fraction of sp³-hybridized carbons (Fsp3) is 0.357. The highest BCUT2D eigenvalue weighted by atomic mass is 16.5. The smallest absolute Gasteiger partial charge is 0.327 e. The molecule has 0 saturated carbocycles. The van der Waals surface area contributed by atoms with Crippen LogP contribution in [0, 0.1) is 0 Å². The minimum atomic E-state index is -0.459. The molecule has 0 amide bonds. The zero-order chi connectivity index (χ0) is 13.0. The van der Waals surface area contributed by atoms with Gasteiger partial charge in [0, 0.05) is 13.0 Å². The monoisotopic (exact) mass is 247 g/mol. The third-order valence-electron chi connectivity index (χ3n) is 2.95. The van der Waals surface area contributed by atoms with Crippen molar-refractivity contribution in [3.63, 3.8) is 0 Å². The van der Waals surface area contributed by atoms with Crippen molar-refractivity contribution >= 4 is 5.97 Å². The van der Waals surface area contributed by atoms with Crippen LogP contribution in [0.15, 0.2) is 30.9 Å². The maximum atomic E-state index is 11.8. The highest BCUT2D eigenvalue weighted by Crippen LogP contribution is 2.28.